The summed E-state index contributed by atoms with van der Waals surface area (Å²) in [4.78, 5) is 19.7. The van der Waals surface area contributed by atoms with E-state index in [0.717, 1.165) is 64.2 Å². The Morgan fingerprint density at radius 2 is 0.410 bits per heavy atom. The SMILES string of the molecule is O=P(O)(O)OP(=O)(OC1CCCCC1)OP(=O)(OC1CCCCC1)OP(=O)(OC1CCCCC1)OP(=O)(OC1CCCCC1)OP(=O)(OC1CCCCC1)OC1CCCCC1. The Hall–Kier alpha value is 0.860. The Morgan fingerprint density at radius 1 is 0.246 bits per heavy atom. The highest BCUT2D eigenvalue weighted by Gasteiger charge is 2.57. The van der Waals surface area contributed by atoms with E-state index >= 15 is 13.7 Å². The molecule has 19 nitrogen and oxygen atoms in total. The van der Waals surface area contributed by atoms with Crippen molar-refractivity contribution >= 4 is 46.9 Å². The molecule has 0 aromatic rings. The van der Waals surface area contributed by atoms with Crippen LogP contribution in [0.4, 0.5) is 0 Å². The van der Waals surface area contributed by atoms with Crippen molar-refractivity contribution in [2.45, 2.75) is 229 Å². The van der Waals surface area contributed by atoms with E-state index in [9.17, 15) is 23.5 Å². The van der Waals surface area contributed by atoms with Crippen molar-refractivity contribution in [3.63, 3.8) is 0 Å². The summed E-state index contributed by atoms with van der Waals surface area (Å²) in [6.07, 6.45) is 13.5. The molecule has 2 N–H and O–H groups in total. The maximum absolute atomic E-state index is 15.4. The summed E-state index contributed by atoms with van der Waals surface area (Å²) in [5.41, 5.74) is 0. The lowest BCUT2D eigenvalue weighted by molar-refractivity contribution is 0.0336. The van der Waals surface area contributed by atoms with E-state index in [1.807, 2.05) is 0 Å². The highest BCUT2D eigenvalue weighted by molar-refractivity contribution is 7.73. The summed E-state index contributed by atoms with van der Waals surface area (Å²) in [6.45, 7) is 0. The molecule has 4 atom stereocenters. The molecule has 4 unspecified atom stereocenters. The highest BCUT2D eigenvalue weighted by atomic mass is 31.3. The van der Waals surface area contributed by atoms with Crippen molar-refractivity contribution in [1.29, 1.82) is 0 Å². The van der Waals surface area contributed by atoms with Crippen LogP contribution in [0.15, 0.2) is 0 Å². The van der Waals surface area contributed by atoms with Crippen LogP contribution < -0.4 is 0 Å². The third-order valence-electron chi connectivity index (χ3n) is 12.0. The van der Waals surface area contributed by atoms with Gasteiger partial charge in [-0.2, -0.15) is 21.6 Å². The molecule has 0 radical (unpaired) electrons. The van der Waals surface area contributed by atoms with Gasteiger partial charge in [-0.3, -0.25) is 27.1 Å². The first-order valence-corrected chi connectivity index (χ1v) is 31.6. The van der Waals surface area contributed by atoms with Crippen LogP contribution in [-0.4, -0.2) is 46.4 Å². The largest absolute Gasteiger partial charge is 0.492 e. The van der Waals surface area contributed by atoms with Crippen molar-refractivity contribution in [1.82, 2.24) is 0 Å². The second-order valence-corrected chi connectivity index (χ2v) is 27.3. The maximum atomic E-state index is 15.4. The Bertz CT molecular complexity index is 1620. The van der Waals surface area contributed by atoms with Gasteiger partial charge < -0.3 is 9.79 Å². The topological polar surface area (TPSA) is 244 Å². The minimum Gasteiger partial charge on any atom is -0.302 e. The van der Waals surface area contributed by atoms with E-state index in [-0.39, 0.29) is 0 Å². The number of hydrogen-bond acceptors (Lipinski definition) is 17. The van der Waals surface area contributed by atoms with Crippen LogP contribution in [0.2, 0.25) is 0 Å². The molecule has 6 saturated carbocycles. The minimum absolute atomic E-state index is 0.297. The molecule has 0 amide bonds. The highest BCUT2D eigenvalue weighted by Crippen LogP contribution is 2.81. The molecule has 6 rings (SSSR count). The van der Waals surface area contributed by atoms with Crippen LogP contribution in [0.1, 0.15) is 193 Å². The monoisotopic (exact) mass is 990 g/mol. The fourth-order valence-electron chi connectivity index (χ4n) is 9.02. The van der Waals surface area contributed by atoms with E-state index in [2.05, 4.69) is 4.31 Å². The molecular formula is C36H68O19P6. The number of hydrogen-bond donors (Lipinski definition) is 2. The third-order valence-corrected chi connectivity index (χ3v) is 23.4. The molecule has 0 bridgehead atoms. The lowest BCUT2D eigenvalue weighted by atomic mass is 9.98. The fourth-order valence-corrected chi connectivity index (χ4v) is 20.6. The summed E-state index contributed by atoms with van der Waals surface area (Å²) >= 11 is 0. The second kappa shape index (κ2) is 23.7. The van der Waals surface area contributed by atoms with Gasteiger partial charge in [-0.1, -0.05) is 116 Å². The molecule has 0 aliphatic heterocycles. The Kier molecular flexibility index (Phi) is 19.9. The van der Waals surface area contributed by atoms with Crippen molar-refractivity contribution < 1.29 is 85.9 Å². The van der Waals surface area contributed by atoms with E-state index in [1.54, 1.807) is 0 Å². The molecule has 6 aliphatic carbocycles. The van der Waals surface area contributed by atoms with Crippen LogP contribution >= 0.6 is 46.9 Å². The van der Waals surface area contributed by atoms with Crippen molar-refractivity contribution in [2.75, 3.05) is 0 Å². The molecule has 6 fully saturated rings. The van der Waals surface area contributed by atoms with Gasteiger partial charge in [0.25, 0.3) is 0 Å². The van der Waals surface area contributed by atoms with Gasteiger partial charge in [0.2, 0.25) is 0 Å². The molecule has 0 aromatic carbocycles. The predicted molar refractivity (Wildman–Crippen MR) is 223 cm³/mol. The average molecular weight is 991 g/mol. The first-order valence-electron chi connectivity index (χ1n) is 22.7. The summed E-state index contributed by atoms with van der Waals surface area (Å²) in [5.74, 6) is 0. The zero-order chi connectivity index (χ0) is 43.5. The first kappa shape index (κ1) is 51.3. The molecular weight excluding hydrogens is 922 g/mol. The van der Waals surface area contributed by atoms with Crippen molar-refractivity contribution in [2.24, 2.45) is 0 Å². The first-order chi connectivity index (χ1) is 29.0. The van der Waals surface area contributed by atoms with Gasteiger partial charge in [-0.15, -0.1) is 0 Å². The van der Waals surface area contributed by atoms with Crippen molar-refractivity contribution in [3.05, 3.63) is 0 Å². The van der Waals surface area contributed by atoms with Gasteiger partial charge in [0.05, 0.1) is 36.6 Å². The normalized spacial score (nSPS) is 27.4. The van der Waals surface area contributed by atoms with Gasteiger partial charge in [-0.05, 0) is 77.0 Å². The van der Waals surface area contributed by atoms with Gasteiger partial charge in [0.1, 0.15) is 0 Å². The quantitative estimate of drug-likeness (QED) is 0.0957. The van der Waals surface area contributed by atoms with E-state index < -0.39 is 83.6 Å². The van der Waals surface area contributed by atoms with Gasteiger partial charge in [0, 0.05) is 0 Å². The lowest BCUT2D eigenvalue weighted by Crippen LogP contribution is -2.23. The van der Waals surface area contributed by atoms with Gasteiger partial charge in [0.15, 0.2) is 0 Å². The van der Waals surface area contributed by atoms with Crippen LogP contribution in [0.3, 0.4) is 0 Å². The molecule has 356 valence electrons. The third kappa shape index (κ3) is 17.8. The van der Waals surface area contributed by atoms with Gasteiger partial charge >= 0.3 is 46.9 Å². The number of rotatable bonds is 22. The molecule has 0 spiro atoms. The smallest absolute Gasteiger partial charge is 0.302 e. The average Bonchev–Trinajstić information content (AvgIpc) is 3.18. The van der Waals surface area contributed by atoms with Crippen LogP contribution in [0.25, 0.3) is 0 Å². The van der Waals surface area contributed by atoms with E-state index in [0.29, 0.717) is 128 Å². The molecule has 6 aliphatic rings. The molecule has 0 aromatic heterocycles. The molecule has 61 heavy (non-hydrogen) atoms. The second-order valence-electron chi connectivity index (χ2n) is 17.3. The zero-order valence-corrected chi connectivity index (χ0v) is 40.6. The zero-order valence-electron chi connectivity index (χ0n) is 35.2. The summed E-state index contributed by atoms with van der Waals surface area (Å²) in [6, 6.07) is 0. The Labute approximate surface area is 361 Å². The molecule has 25 heteroatoms. The summed E-state index contributed by atoms with van der Waals surface area (Å²) < 4.78 is 150. The Balaban J connectivity index is 1.38. The van der Waals surface area contributed by atoms with E-state index in [1.165, 1.54) is 0 Å². The van der Waals surface area contributed by atoms with Crippen LogP contribution in [0.5, 0.6) is 0 Å². The lowest BCUT2D eigenvalue weighted by Gasteiger charge is -2.35. The van der Waals surface area contributed by atoms with Crippen LogP contribution in [0, 0.1) is 0 Å². The van der Waals surface area contributed by atoms with Gasteiger partial charge in [-0.25, -0.2) is 27.4 Å². The fraction of sp³-hybridized carbons (Fsp3) is 1.00. The molecule has 0 heterocycles. The predicted octanol–water partition coefficient (Wildman–Crippen LogP) is 13.8. The molecule has 0 saturated heterocycles. The minimum atomic E-state index is -5.72. The maximum Gasteiger partial charge on any atom is 0.492 e. The van der Waals surface area contributed by atoms with Crippen LogP contribution in [-0.2, 0) is 76.1 Å². The summed E-state index contributed by atoms with van der Waals surface area (Å²) in [7, 11) is -33.1. The number of phosphoric acid groups is 6. The summed E-state index contributed by atoms with van der Waals surface area (Å²) in [5, 5.41) is 0. The van der Waals surface area contributed by atoms with E-state index in [4.69, 9.17) is 44.4 Å². The Morgan fingerprint density at radius 3 is 0.607 bits per heavy atom. The number of phosphoric ester groups is 1. The standard InChI is InChI=1S/C36H68O19P6/c37-56(38,39)51-58(41,47-33-23-11-3-12-24-33)53-60(43,49-35-27-15-5-16-28-35)55-61(44,50-36-29-17-6-18-30-36)54-59(42,48-34-25-13-4-14-26-34)52-57(40,45-31-19-7-1-8-20-31)46-32-21-9-2-10-22-32/h31-36H,1-30H2,(H2,37,38,39). The van der Waals surface area contributed by atoms with Crippen molar-refractivity contribution in [3.8, 4) is 0 Å².